The number of aromatic nitrogens is 5. The number of aryl methyl sites for hydroxylation is 1. The van der Waals surface area contributed by atoms with E-state index in [4.69, 9.17) is 4.52 Å². The van der Waals surface area contributed by atoms with Gasteiger partial charge in [-0.25, -0.2) is 9.50 Å². The summed E-state index contributed by atoms with van der Waals surface area (Å²) in [6, 6.07) is 25.5. The van der Waals surface area contributed by atoms with E-state index in [1.807, 2.05) is 50.5 Å². The second-order valence-corrected chi connectivity index (χ2v) is 16.1. The Labute approximate surface area is 325 Å². The minimum absolute atomic E-state index is 0.0252. The molecule has 0 bridgehead atoms. The summed E-state index contributed by atoms with van der Waals surface area (Å²) < 4.78 is 7.15. The Morgan fingerprint density at radius 2 is 1.64 bits per heavy atom. The normalized spacial score (nSPS) is 17.0. The number of nitrogens with one attached hydrogen (secondary N) is 2. The van der Waals surface area contributed by atoms with Gasteiger partial charge in [0.25, 0.3) is 11.7 Å². The van der Waals surface area contributed by atoms with Crippen LogP contribution in [0.1, 0.15) is 103 Å². The van der Waals surface area contributed by atoms with Crippen molar-refractivity contribution < 1.29 is 18.9 Å². The first kappa shape index (κ1) is 36.9. The van der Waals surface area contributed by atoms with Crippen molar-refractivity contribution in [3.8, 4) is 22.4 Å². The molecule has 0 spiro atoms. The van der Waals surface area contributed by atoms with E-state index in [0.29, 0.717) is 31.2 Å². The predicted octanol–water partition coefficient (Wildman–Crippen LogP) is 6.88. The molecule has 8 rings (SSSR count). The van der Waals surface area contributed by atoms with Gasteiger partial charge in [-0.2, -0.15) is 10.1 Å². The molecule has 3 aromatic carbocycles. The van der Waals surface area contributed by atoms with E-state index in [0.717, 1.165) is 77.1 Å². The van der Waals surface area contributed by atoms with Crippen LogP contribution in [-0.2, 0) is 28.1 Å². The van der Waals surface area contributed by atoms with Crippen molar-refractivity contribution in [2.75, 3.05) is 13.1 Å². The maximum absolute atomic E-state index is 12.7. The van der Waals surface area contributed by atoms with Gasteiger partial charge in [0.2, 0.25) is 17.7 Å². The molecule has 56 heavy (non-hydrogen) atoms. The van der Waals surface area contributed by atoms with E-state index in [-0.39, 0.29) is 34.9 Å². The molecule has 1 unspecified atom stereocenters. The number of rotatable bonds is 9. The number of carbonyl (C=O) groups excluding carboxylic acids is 3. The summed E-state index contributed by atoms with van der Waals surface area (Å²) in [5, 5.41) is 13.7. The zero-order valence-electron chi connectivity index (χ0n) is 32.2. The van der Waals surface area contributed by atoms with Crippen molar-refractivity contribution in [1.82, 2.24) is 40.3 Å². The Morgan fingerprint density at radius 3 is 2.34 bits per heavy atom. The standard InChI is InChI=1S/C44H46N8O4/c1-27-21-33(13-14-34(27)23-45-42(55)40-49-43(56-50-40)44(2,3)4)39-37-22-35(25-52(37)47-26-46-39)30-7-5-28(6-8-30)24-51-19-17-31(18-20-51)29-9-11-32(12-10-29)36-15-16-38(53)48-41(36)54/h5-14,21-22,25-26,31,36H,15-20,23-24H2,1-4H3,(H,45,55)(H,48,53,54). The molecule has 6 aromatic rings. The lowest BCUT2D eigenvalue weighted by molar-refractivity contribution is -0.134. The van der Waals surface area contributed by atoms with Crippen LogP contribution < -0.4 is 10.6 Å². The van der Waals surface area contributed by atoms with Crippen molar-refractivity contribution in [3.63, 3.8) is 0 Å². The van der Waals surface area contributed by atoms with Crippen molar-refractivity contribution >= 4 is 23.2 Å². The average Bonchev–Trinajstić information content (AvgIpc) is 3.87. The van der Waals surface area contributed by atoms with Gasteiger partial charge in [-0.15, -0.1) is 0 Å². The molecule has 12 heteroatoms. The fourth-order valence-corrected chi connectivity index (χ4v) is 7.72. The zero-order chi connectivity index (χ0) is 39.0. The molecule has 3 aromatic heterocycles. The number of fused-ring (bicyclic) bond motifs is 1. The SMILES string of the molecule is Cc1cc(-c2ncnn3cc(-c4ccc(CN5CCC(c6ccc(C7CCC(=O)NC7=O)cc6)CC5)cc4)cc23)ccc1CNC(=O)c1noc(C(C)(C)C)n1. The fourth-order valence-electron chi connectivity index (χ4n) is 7.72. The maximum Gasteiger partial charge on any atom is 0.292 e. The van der Waals surface area contributed by atoms with Crippen molar-refractivity contribution in [2.24, 2.45) is 0 Å². The Morgan fingerprint density at radius 1 is 0.911 bits per heavy atom. The molecule has 3 amide bonds. The number of piperidine rings is 2. The van der Waals surface area contributed by atoms with Gasteiger partial charge in [0.15, 0.2) is 0 Å². The minimum atomic E-state index is -0.381. The molecular formula is C44H46N8O4. The largest absolute Gasteiger partial charge is 0.345 e. The third-order valence-corrected chi connectivity index (χ3v) is 11.1. The summed E-state index contributed by atoms with van der Waals surface area (Å²) in [5.41, 5.74) is 10.1. The minimum Gasteiger partial charge on any atom is -0.345 e. The molecule has 286 valence electrons. The molecule has 2 fully saturated rings. The quantitative estimate of drug-likeness (QED) is 0.151. The van der Waals surface area contributed by atoms with Crippen LogP contribution >= 0.6 is 0 Å². The van der Waals surface area contributed by atoms with Gasteiger partial charge < -0.3 is 9.84 Å². The number of nitrogens with zero attached hydrogens (tertiary/aromatic N) is 6. The van der Waals surface area contributed by atoms with E-state index in [2.05, 4.69) is 96.4 Å². The van der Waals surface area contributed by atoms with Crippen LogP contribution in [0.3, 0.4) is 0 Å². The Bertz CT molecular complexity index is 2400. The van der Waals surface area contributed by atoms with Gasteiger partial charge in [-0.3, -0.25) is 24.6 Å². The van der Waals surface area contributed by atoms with Gasteiger partial charge >= 0.3 is 0 Å². The highest BCUT2D eigenvalue weighted by Crippen LogP contribution is 2.33. The van der Waals surface area contributed by atoms with Crippen LogP contribution in [0.2, 0.25) is 0 Å². The monoisotopic (exact) mass is 750 g/mol. The van der Waals surface area contributed by atoms with Gasteiger partial charge in [-0.05, 0) is 90.7 Å². The van der Waals surface area contributed by atoms with E-state index in [1.165, 1.54) is 11.1 Å². The first-order chi connectivity index (χ1) is 27.0. The van der Waals surface area contributed by atoms with Crippen LogP contribution in [0.25, 0.3) is 27.9 Å². The summed E-state index contributed by atoms with van der Waals surface area (Å²) in [5.74, 6) is -0.0422. The molecule has 2 aliphatic heterocycles. The van der Waals surface area contributed by atoms with E-state index in [9.17, 15) is 14.4 Å². The number of benzene rings is 3. The highest BCUT2D eigenvalue weighted by molar-refractivity contribution is 6.01. The van der Waals surface area contributed by atoms with Gasteiger partial charge in [0, 0.05) is 42.2 Å². The smallest absolute Gasteiger partial charge is 0.292 e. The molecule has 0 radical (unpaired) electrons. The third kappa shape index (κ3) is 7.88. The summed E-state index contributed by atoms with van der Waals surface area (Å²) in [6.45, 7) is 11.2. The molecular weight excluding hydrogens is 705 g/mol. The molecule has 5 heterocycles. The van der Waals surface area contributed by atoms with Crippen LogP contribution in [0.15, 0.2) is 89.8 Å². The number of carbonyl (C=O) groups is 3. The number of amides is 3. The average molecular weight is 751 g/mol. The highest BCUT2D eigenvalue weighted by Gasteiger charge is 2.29. The number of hydrogen-bond donors (Lipinski definition) is 2. The molecule has 12 nitrogen and oxygen atoms in total. The van der Waals surface area contributed by atoms with Crippen molar-refractivity contribution in [3.05, 3.63) is 125 Å². The van der Waals surface area contributed by atoms with E-state index in [1.54, 1.807) is 6.33 Å². The van der Waals surface area contributed by atoms with Gasteiger partial charge in [0.05, 0.1) is 17.1 Å². The molecule has 1 atom stereocenters. The fraction of sp³-hybridized carbons (Fsp3) is 0.341. The Kier molecular flexibility index (Phi) is 10.1. The van der Waals surface area contributed by atoms with Crippen molar-refractivity contribution in [1.29, 1.82) is 0 Å². The summed E-state index contributed by atoms with van der Waals surface area (Å²) >= 11 is 0. The van der Waals surface area contributed by atoms with Gasteiger partial charge in [-0.1, -0.05) is 86.6 Å². The first-order valence-electron chi connectivity index (χ1n) is 19.3. The van der Waals surface area contributed by atoms with Crippen LogP contribution in [0.5, 0.6) is 0 Å². The Hall–Kier alpha value is -6.01. The number of likely N-dealkylation sites (tertiary alicyclic amines) is 1. The summed E-state index contributed by atoms with van der Waals surface area (Å²) in [7, 11) is 0. The van der Waals surface area contributed by atoms with Crippen LogP contribution in [0, 0.1) is 6.92 Å². The van der Waals surface area contributed by atoms with E-state index < -0.39 is 0 Å². The zero-order valence-corrected chi connectivity index (χ0v) is 32.2. The maximum atomic E-state index is 12.7. The van der Waals surface area contributed by atoms with Crippen LogP contribution in [-0.4, -0.2) is 60.4 Å². The lowest BCUT2D eigenvalue weighted by Crippen LogP contribution is -2.39. The molecule has 0 saturated carbocycles. The highest BCUT2D eigenvalue weighted by atomic mass is 16.5. The molecule has 2 saturated heterocycles. The molecule has 0 aliphatic carbocycles. The third-order valence-electron chi connectivity index (χ3n) is 11.1. The van der Waals surface area contributed by atoms with Crippen LogP contribution in [0.4, 0.5) is 0 Å². The Balaban J connectivity index is 0.872. The lowest BCUT2D eigenvalue weighted by atomic mass is 9.86. The number of hydrogen-bond acceptors (Lipinski definition) is 9. The summed E-state index contributed by atoms with van der Waals surface area (Å²) in [4.78, 5) is 48.0. The second-order valence-electron chi connectivity index (χ2n) is 16.1. The lowest BCUT2D eigenvalue weighted by Gasteiger charge is -2.32. The van der Waals surface area contributed by atoms with Crippen molar-refractivity contribution in [2.45, 2.75) is 83.7 Å². The van der Waals surface area contributed by atoms with Gasteiger partial charge in [0.1, 0.15) is 6.33 Å². The molecule has 2 aliphatic rings. The predicted molar refractivity (Wildman–Crippen MR) is 212 cm³/mol. The van der Waals surface area contributed by atoms with E-state index >= 15 is 0 Å². The topological polar surface area (TPSA) is 148 Å². The number of imide groups is 1. The molecule has 2 N–H and O–H groups in total. The second kappa shape index (κ2) is 15.3. The first-order valence-corrected chi connectivity index (χ1v) is 19.3. The summed E-state index contributed by atoms with van der Waals surface area (Å²) in [6.07, 6.45) is 6.77.